The number of pyridine rings is 2. The molecule has 1 amide bonds. The van der Waals surface area contributed by atoms with Crippen molar-refractivity contribution >= 4 is 34.7 Å². The van der Waals surface area contributed by atoms with Crippen LogP contribution in [0.3, 0.4) is 0 Å². The first-order chi connectivity index (χ1) is 18.7. The Balaban J connectivity index is 1.48. The van der Waals surface area contributed by atoms with Gasteiger partial charge in [0.25, 0.3) is 0 Å². The highest BCUT2D eigenvalue weighted by Gasteiger charge is 2.31. The predicted molar refractivity (Wildman–Crippen MR) is 142 cm³/mol. The molecule has 0 radical (unpaired) electrons. The molecule has 4 aromatic rings. The summed E-state index contributed by atoms with van der Waals surface area (Å²) in [5.74, 6) is 2.41. The van der Waals surface area contributed by atoms with E-state index in [1.807, 2.05) is 31.6 Å². The highest BCUT2D eigenvalue weighted by Crippen LogP contribution is 2.38. The fraction of sp³-hybridized carbons (Fsp3) is 0.385. The molecule has 2 N–H and O–H groups in total. The van der Waals surface area contributed by atoms with Gasteiger partial charge in [0.1, 0.15) is 17.1 Å². The number of carbonyl (C=O) groups is 1. The first-order valence-corrected chi connectivity index (χ1v) is 12.4. The molecule has 1 atom stereocenters. The van der Waals surface area contributed by atoms with Crippen molar-refractivity contribution in [2.75, 3.05) is 31.0 Å². The zero-order valence-corrected chi connectivity index (χ0v) is 22.3. The van der Waals surface area contributed by atoms with Crippen molar-refractivity contribution in [1.82, 2.24) is 29.3 Å². The van der Waals surface area contributed by atoms with E-state index in [1.54, 1.807) is 23.8 Å². The van der Waals surface area contributed by atoms with Gasteiger partial charge in [-0.25, -0.2) is 9.97 Å². The van der Waals surface area contributed by atoms with Crippen LogP contribution in [0.2, 0.25) is 0 Å². The lowest BCUT2D eigenvalue weighted by Gasteiger charge is -2.20. The van der Waals surface area contributed by atoms with Crippen LogP contribution < -0.4 is 20.1 Å². The topological polar surface area (TPSA) is 154 Å². The zero-order valence-electron chi connectivity index (χ0n) is 22.3. The summed E-state index contributed by atoms with van der Waals surface area (Å²) >= 11 is 0. The second-order valence-corrected chi connectivity index (χ2v) is 9.72. The molecule has 0 aliphatic carbocycles. The Morgan fingerprint density at radius 3 is 2.79 bits per heavy atom. The number of fused-ring (bicyclic) bond motifs is 1. The first kappa shape index (κ1) is 25.9. The van der Waals surface area contributed by atoms with Gasteiger partial charge >= 0.3 is 0 Å². The lowest BCUT2D eigenvalue weighted by atomic mass is 9.91. The largest absolute Gasteiger partial charge is 0.491 e. The minimum absolute atomic E-state index is 0.0597. The lowest BCUT2D eigenvalue weighted by molar-refractivity contribution is -0.114. The molecule has 0 unspecified atom stereocenters. The van der Waals surface area contributed by atoms with Gasteiger partial charge in [-0.1, -0.05) is 0 Å². The van der Waals surface area contributed by atoms with Crippen LogP contribution in [0, 0.1) is 11.3 Å². The summed E-state index contributed by atoms with van der Waals surface area (Å²) in [5.41, 5.74) is 1.10. The summed E-state index contributed by atoms with van der Waals surface area (Å²) in [5, 5.41) is 20.4. The Bertz CT molecular complexity index is 1580. The van der Waals surface area contributed by atoms with E-state index < -0.39 is 5.41 Å². The van der Waals surface area contributed by atoms with E-state index in [-0.39, 0.29) is 11.9 Å². The molecule has 0 saturated carbocycles. The summed E-state index contributed by atoms with van der Waals surface area (Å²) in [7, 11) is 3.37. The number of methoxy groups -OCH3 is 1. The average molecular weight is 532 g/mol. The van der Waals surface area contributed by atoms with Crippen LogP contribution in [-0.2, 0) is 22.0 Å². The van der Waals surface area contributed by atoms with E-state index in [2.05, 4.69) is 31.7 Å². The van der Waals surface area contributed by atoms with E-state index in [0.717, 1.165) is 12.1 Å². The second-order valence-electron chi connectivity index (χ2n) is 9.72. The highest BCUT2D eigenvalue weighted by molar-refractivity contribution is 5.88. The monoisotopic (exact) mass is 531 g/mol. The number of hydrogen-bond donors (Lipinski definition) is 2. The number of nitriles is 1. The number of nitrogens with zero attached hydrogens (tertiary/aromatic N) is 7. The molecule has 13 nitrogen and oxygen atoms in total. The Morgan fingerprint density at radius 1 is 1.28 bits per heavy atom. The number of imidazole rings is 1. The van der Waals surface area contributed by atoms with Gasteiger partial charge < -0.3 is 29.4 Å². The van der Waals surface area contributed by atoms with Crippen LogP contribution in [0.5, 0.6) is 17.2 Å². The summed E-state index contributed by atoms with van der Waals surface area (Å²) in [6.07, 6.45) is 3.89. The minimum Gasteiger partial charge on any atom is -0.491 e. The molecule has 13 heteroatoms. The number of rotatable bonds is 8. The number of nitrogens with one attached hydrogen (secondary N) is 2. The number of carbonyl (C=O) groups excluding carboxylic acids is 1. The molecule has 202 valence electrons. The molecule has 1 aliphatic heterocycles. The van der Waals surface area contributed by atoms with Gasteiger partial charge in [0, 0.05) is 38.9 Å². The molecule has 5 heterocycles. The molecular formula is C26H29N9O4. The Labute approximate surface area is 224 Å². The predicted octanol–water partition coefficient (Wildman–Crippen LogP) is 3.83. The minimum atomic E-state index is -0.744. The van der Waals surface area contributed by atoms with Crippen molar-refractivity contribution in [3.8, 4) is 23.3 Å². The summed E-state index contributed by atoms with van der Waals surface area (Å²) < 4.78 is 21.0. The van der Waals surface area contributed by atoms with Crippen LogP contribution in [0.4, 0.5) is 17.6 Å². The van der Waals surface area contributed by atoms with Gasteiger partial charge in [-0.3, -0.25) is 9.48 Å². The summed E-state index contributed by atoms with van der Waals surface area (Å²) in [6.45, 7) is 6.35. The van der Waals surface area contributed by atoms with Crippen LogP contribution in [0.15, 0.2) is 30.6 Å². The van der Waals surface area contributed by atoms with Gasteiger partial charge in [0.2, 0.25) is 11.9 Å². The normalized spacial score (nSPS) is 15.2. The maximum atomic E-state index is 11.4. The Hall–Kier alpha value is -4.70. The number of amides is 1. The first-order valence-electron chi connectivity index (χ1n) is 12.4. The standard InChI is InChI=1S/C26H29N9O4/c1-15(36)30-20-10-17(6-8-28-20)39-18-12-29-24-22(23(18)37-5)34(4)25(32-24)31-21-11-19(26(2,3)14-27)35(33-21)16-7-9-38-13-16/h6,8,10-12,16H,7,9,13H2,1-5H3,(H,28,30,36)(H,29,31,32,33)/t16-/m0/s1. The number of anilines is 3. The SMILES string of the molecule is COc1c(Oc2ccnc(NC(C)=O)c2)cnc2nc(Nc3cc(C(C)(C)C#N)n([C@H]4CCOC4)n3)n(C)c12. The van der Waals surface area contributed by atoms with Gasteiger partial charge in [-0.2, -0.15) is 15.3 Å². The van der Waals surface area contributed by atoms with E-state index >= 15 is 0 Å². The molecule has 5 rings (SSSR count). The van der Waals surface area contributed by atoms with E-state index in [0.29, 0.717) is 59.2 Å². The van der Waals surface area contributed by atoms with E-state index in [4.69, 9.17) is 19.3 Å². The number of aryl methyl sites for hydroxylation is 1. The van der Waals surface area contributed by atoms with Gasteiger partial charge in [0.05, 0.1) is 43.1 Å². The molecular weight excluding hydrogens is 502 g/mol. The molecule has 1 fully saturated rings. The van der Waals surface area contributed by atoms with Crippen molar-refractivity contribution in [2.24, 2.45) is 7.05 Å². The Morgan fingerprint density at radius 2 is 2.10 bits per heavy atom. The van der Waals surface area contributed by atoms with Gasteiger partial charge in [-0.15, -0.1) is 0 Å². The molecule has 1 saturated heterocycles. The van der Waals surface area contributed by atoms with Crippen molar-refractivity contribution in [3.63, 3.8) is 0 Å². The fourth-order valence-corrected chi connectivity index (χ4v) is 4.44. The van der Waals surface area contributed by atoms with Crippen LogP contribution in [0.1, 0.15) is 38.9 Å². The maximum absolute atomic E-state index is 11.4. The van der Waals surface area contributed by atoms with Gasteiger partial charge in [0.15, 0.2) is 23.0 Å². The van der Waals surface area contributed by atoms with Crippen molar-refractivity contribution in [3.05, 3.63) is 36.3 Å². The third kappa shape index (κ3) is 5.06. The highest BCUT2D eigenvalue weighted by atomic mass is 16.5. The van der Waals surface area contributed by atoms with Crippen LogP contribution >= 0.6 is 0 Å². The average Bonchev–Trinajstić information content (AvgIpc) is 3.64. The third-order valence-corrected chi connectivity index (χ3v) is 6.43. The van der Waals surface area contributed by atoms with Gasteiger partial charge in [-0.05, 0) is 26.3 Å². The third-order valence-electron chi connectivity index (χ3n) is 6.43. The van der Waals surface area contributed by atoms with Crippen LogP contribution in [-0.4, -0.2) is 55.5 Å². The summed E-state index contributed by atoms with van der Waals surface area (Å²) in [6, 6.07) is 7.57. The number of aromatic nitrogens is 6. The molecule has 0 spiro atoms. The number of hydrogen-bond acceptors (Lipinski definition) is 10. The maximum Gasteiger partial charge on any atom is 0.222 e. The smallest absolute Gasteiger partial charge is 0.222 e. The van der Waals surface area contributed by atoms with Crippen molar-refractivity contribution in [2.45, 2.75) is 38.6 Å². The number of ether oxygens (including phenoxy) is 3. The second kappa shape index (κ2) is 10.2. The van der Waals surface area contributed by atoms with Crippen molar-refractivity contribution < 1.29 is 19.0 Å². The molecule has 0 bridgehead atoms. The van der Waals surface area contributed by atoms with Crippen LogP contribution in [0.25, 0.3) is 11.2 Å². The zero-order chi connectivity index (χ0) is 27.7. The fourth-order valence-electron chi connectivity index (χ4n) is 4.44. The Kier molecular flexibility index (Phi) is 6.80. The molecule has 4 aromatic heterocycles. The summed E-state index contributed by atoms with van der Waals surface area (Å²) in [4.78, 5) is 24.6. The molecule has 0 aromatic carbocycles. The molecule has 1 aliphatic rings. The molecule has 39 heavy (non-hydrogen) atoms. The van der Waals surface area contributed by atoms with E-state index in [1.165, 1.54) is 19.3 Å². The quantitative estimate of drug-likeness (QED) is 0.343. The van der Waals surface area contributed by atoms with E-state index in [9.17, 15) is 10.1 Å². The lowest BCUT2D eigenvalue weighted by Crippen LogP contribution is -2.23. The van der Waals surface area contributed by atoms with Crippen molar-refractivity contribution in [1.29, 1.82) is 5.26 Å².